The van der Waals surface area contributed by atoms with Crippen LogP contribution in [0.3, 0.4) is 0 Å². The summed E-state index contributed by atoms with van der Waals surface area (Å²) in [6, 6.07) is 0. The summed E-state index contributed by atoms with van der Waals surface area (Å²) < 4.78 is 0.414. The Kier molecular flexibility index (Phi) is 14.7. The van der Waals surface area contributed by atoms with Gasteiger partial charge in [0.25, 0.3) is 0 Å². The molecule has 0 heterocycles. The average molecular weight is 279 g/mol. The third-order valence-electron chi connectivity index (χ3n) is 3.11. The number of hydrogen-bond acceptors (Lipinski definition) is 0. The van der Waals surface area contributed by atoms with E-state index in [1.54, 1.807) is 0 Å². The maximum atomic E-state index is 5.54. The van der Waals surface area contributed by atoms with Gasteiger partial charge in [0.05, 0.1) is 0 Å². The number of unbranched alkanes of at least 4 members (excludes halogenated alkanes) is 11. The minimum Gasteiger partial charge on any atom is -0.0713 e. The molecule has 0 aliphatic carbocycles. The molecule has 2 heteroatoms. The van der Waals surface area contributed by atoms with E-state index >= 15 is 0 Å². The molecule has 0 nitrogen and oxygen atoms in total. The molecule has 0 aliphatic rings. The zero-order valence-electron chi connectivity index (χ0n) is 11.3. The minimum atomic E-state index is 0.414. The van der Waals surface area contributed by atoms with E-state index in [0.29, 0.717) is 4.49 Å². The van der Waals surface area contributed by atoms with Crippen LogP contribution in [0.2, 0.25) is 0 Å². The van der Waals surface area contributed by atoms with E-state index in [0.717, 1.165) is 6.42 Å². The number of allylic oxidation sites excluding steroid dienone is 1. The lowest BCUT2D eigenvalue weighted by atomic mass is 10.1. The Hall–Kier alpha value is 0.320. The summed E-state index contributed by atoms with van der Waals surface area (Å²) in [7, 11) is 0. The molecule has 17 heavy (non-hydrogen) atoms. The summed E-state index contributed by atoms with van der Waals surface area (Å²) in [4.78, 5) is 0. The van der Waals surface area contributed by atoms with Gasteiger partial charge in [-0.15, -0.1) is 0 Å². The summed E-state index contributed by atoms with van der Waals surface area (Å²) in [5.41, 5.74) is 0. The quantitative estimate of drug-likeness (QED) is 0.337. The highest BCUT2D eigenvalue weighted by Gasteiger charge is 1.92. The fourth-order valence-electron chi connectivity index (χ4n) is 2.02. The number of rotatable bonds is 12. The van der Waals surface area contributed by atoms with Crippen LogP contribution in [0, 0.1) is 0 Å². The van der Waals surface area contributed by atoms with Crippen LogP contribution in [-0.2, 0) is 0 Å². The van der Waals surface area contributed by atoms with E-state index in [1.807, 2.05) is 6.08 Å². The van der Waals surface area contributed by atoms with E-state index in [2.05, 4.69) is 6.92 Å². The maximum absolute atomic E-state index is 5.54. The number of hydrogen-bond donors (Lipinski definition) is 0. The molecule has 0 aromatic rings. The van der Waals surface area contributed by atoms with Gasteiger partial charge in [-0.2, -0.15) is 0 Å². The Morgan fingerprint density at radius 1 is 0.706 bits per heavy atom. The van der Waals surface area contributed by atoms with Gasteiger partial charge in [0.15, 0.2) is 0 Å². The van der Waals surface area contributed by atoms with E-state index < -0.39 is 0 Å². The van der Waals surface area contributed by atoms with Gasteiger partial charge in [0, 0.05) is 0 Å². The minimum absolute atomic E-state index is 0.414. The van der Waals surface area contributed by atoms with Crippen LogP contribution in [-0.4, -0.2) is 0 Å². The standard InChI is InChI=1S/C15H28Cl2/c1-2-3-4-5-6-7-8-9-10-11-12-13-14-15(16)17/h14H,2-13H2,1H3. The second kappa shape index (κ2) is 14.4. The first kappa shape index (κ1) is 17.3. The average Bonchev–Trinajstić information content (AvgIpc) is 2.30. The Bertz CT molecular complexity index is 172. The molecule has 0 atom stereocenters. The molecule has 0 N–H and O–H groups in total. The van der Waals surface area contributed by atoms with E-state index in [-0.39, 0.29) is 0 Å². The molecule has 0 aliphatic heterocycles. The first-order chi connectivity index (χ1) is 8.27. The van der Waals surface area contributed by atoms with Crippen LogP contribution in [0.4, 0.5) is 0 Å². The molecule has 0 rings (SSSR count). The lowest BCUT2D eigenvalue weighted by Crippen LogP contribution is -1.81. The molecule has 0 amide bonds. The zero-order chi connectivity index (χ0) is 12.8. The summed E-state index contributed by atoms with van der Waals surface area (Å²) in [6.07, 6.45) is 18.1. The summed E-state index contributed by atoms with van der Waals surface area (Å²) >= 11 is 11.1. The van der Waals surface area contributed by atoms with Crippen molar-refractivity contribution in [2.24, 2.45) is 0 Å². The molecular formula is C15H28Cl2. The smallest absolute Gasteiger partial charge is 0.0713 e. The largest absolute Gasteiger partial charge is 0.102 e. The van der Waals surface area contributed by atoms with Crippen molar-refractivity contribution in [1.29, 1.82) is 0 Å². The molecule has 0 fully saturated rings. The van der Waals surface area contributed by atoms with Crippen molar-refractivity contribution in [1.82, 2.24) is 0 Å². The van der Waals surface area contributed by atoms with Gasteiger partial charge < -0.3 is 0 Å². The van der Waals surface area contributed by atoms with Crippen LogP contribution in [0.1, 0.15) is 84.0 Å². The van der Waals surface area contributed by atoms with Gasteiger partial charge in [-0.3, -0.25) is 0 Å². The molecule has 0 aromatic carbocycles. The fraction of sp³-hybridized carbons (Fsp3) is 0.867. The zero-order valence-corrected chi connectivity index (χ0v) is 12.8. The summed E-state index contributed by atoms with van der Waals surface area (Å²) in [5.74, 6) is 0. The first-order valence-electron chi connectivity index (χ1n) is 7.28. The fourth-order valence-corrected chi connectivity index (χ4v) is 2.24. The molecular weight excluding hydrogens is 251 g/mol. The van der Waals surface area contributed by atoms with Gasteiger partial charge in [-0.25, -0.2) is 0 Å². The number of halogens is 2. The molecule has 0 aromatic heterocycles. The lowest BCUT2D eigenvalue weighted by Gasteiger charge is -2.01. The maximum Gasteiger partial charge on any atom is 0.102 e. The van der Waals surface area contributed by atoms with Crippen molar-refractivity contribution in [3.8, 4) is 0 Å². The van der Waals surface area contributed by atoms with Gasteiger partial charge >= 0.3 is 0 Å². The van der Waals surface area contributed by atoms with Crippen molar-refractivity contribution in [3.63, 3.8) is 0 Å². The molecule has 0 unspecified atom stereocenters. The Balaban J connectivity index is 2.96. The normalized spacial score (nSPS) is 10.5. The third kappa shape index (κ3) is 16.3. The van der Waals surface area contributed by atoms with Crippen LogP contribution in [0.15, 0.2) is 10.6 Å². The van der Waals surface area contributed by atoms with Crippen LogP contribution in [0.25, 0.3) is 0 Å². The van der Waals surface area contributed by atoms with Gasteiger partial charge in [-0.1, -0.05) is 100 Å². The van der Waals surface area contributed by atoms with Crippen molar-refractivity contribution in [2.75, 3.05) is 0 Å². The van der Waals surface area contributed by atoms with Crippen molar-refractivity contribution in [2.45, 2.75) is 84.0 Å². The highest BCUT2D eigenvalue weighted by molar-refractivity contribution is 6.55. The van der Waals surface area contributed by atoms with Gasteiger partial charge in [-0.05, 0) is 12.8 Å². The van der Waals surface area contributed by atoms with Crippen molar-refractivity contribution >= 4 is 23.2 Å². The molecule has 102 valence electrons. The SMILES string of the molecule is CCCCCCCCCCCCCC=C(Cl)Cl. The molecule has 0 spiro atoms. The predicted octanol–water partition coefficient (Wildman–Crippen LogP) is 7.01. The molecule has 0 saturated heterocycles. The topological polar surface area (TPSA) is 0 Å². The van der Waals surface area contributed by atoms with Crippen LogP contribution < -0.4 is 0 Å². The van der Waals surface area contributed by atoms with Crippen LogP contribution >= 0.6 is 23.2 Å². The van der Waals surface area contributed by atoms with E-state index in [9.17, 15) is 0 Å². The molecule has 0 saturated carbocycles. The predicted molar refractivity (Wildman–Crippen MR) is 80.9 cm³/mol. The Morgan fingerprint density at radius 2 is 1.12 bits per heavy atom. The monoisotopic (exact) mass is 278 g/mol. The Labute approximate surface area is 118 Å². The van der Waals surface area contributed by atoms with E-state index in [4.69, 9.17) is 23.2 Å². The highest BCUT2D eigenvalue weighted by atomic mass is 35.5. The third-order valence-corrected chi connectivity index (χ3v) is 3.41. The second-order valence-corrected chi connectivity index (χ2v) is 5.83. The Morgan fingerprint density at radius 3 is 1.53 bits per heavy atom. The van der Waals surface area contributed by atoms with Crippen molar-refractivity contribution in [3.05, 3.63) is 10.6 Å². The van der Waals surface area contributed by atoms with Gasteiger partial charge in [0.2, 0.25) is 0 Å². The first-order valence-corrected chi connectivity index (χ1v) is 8.04. The second-order valence-electron chi connectivity index (χ2n) is 4.82. The summed E-state index contributed by atoms with van der Waals surface area (Å²) in [6.45, 7) is 2.27. The van der Waals surface area contributed by atoms with Crippen LogP contribution in [0.5, 0.6) is 0 Å². The molecule has 0 bridgehead atoms. The van der Waals surface area contributed by atoms with E-state index in [1.165, 1.54) is 70.6 Å². The summed E-state index contributed by atoms with van der Waals surface area (Å²) in [5, 5.41) is 0. The van der Waals surface area contributed by atoms with Crippen molar-refractivity contribution < 1.29 is 0 Å². The highest BCUT2D eigenvalue weighted by Crippen LogP contribution is 2.13. The lowest BCUT2D eigenvalue weighted by molar-refractivity contribution is 0.550. The van der Waals surface area contributed by atoms with Gasteiger partial charge in [0.1, 0.15) is 4.49 Å². The molecule has 0 radical (unpaired) electrons.